The molecule has 10 nitrogen and oxygen atoms in total. The number of aromatic nitrogens is 1. The Morgan fingerprint density at radius 1 is 1.23 bits per heavy atom. The van der Waals surface area contributed by atoms with Crippen LogP contribution < -0.4 is 15.4 Å². The molecule has 3 N–H and O–H groups in total. The van der Waals surface area contributed by atoms with E-state index < -0.39 is 20.0 Å². The number of guanidine groups is 1. The number of pyridine rings is 1. The van der Waals surface area contributed by atoms with Gasteiger partial charge >= 0.3 is 0 Å². The summed E-state index contributed by atoms with van der Waals surface area (Å²) in [6.45, 7) is 5.64. The molecule has 2 rings (SSSR count). The van der Waals surface area contributed by atoms with Crippen LogP contribution >= 0.6 is 24.0 Å². The van der Waals surface area contributed by atoms with Crippen molar-refractivity contribution in [3.05, 3.63) is 24.5 Å². The average Bonchev–Trinajstić information content (AvgIpc) is 2.72. The number of nitrogens with zero attached hydrogens (tertiary/aromatic N) is 3. The van der Waals surface area contributed by atoms with Gasteiger partial charge in [-0.05, 0) is 38.8 Å². The summed E-state index contributed by atoms with van der Waals surface area (Å²) in [6, 6.07) is 3.16. The minimum Gasteiger partial charge on any atom is -0.357 e. The molecule has 172 valence electrons. The van der Waals surface area contributed by atoms with Crippen LogP contribution in [-0.2, 0) is 20.0 Å². The molecule has 0 amide bonds. The van der Waals surface area contributed by atoms with E-state index in [0.717, 1.165) is 0 Å². The monoisotopic (exact) mass is 574 g/mol. The molecule has 0 unspecified atom stereocenters. The molecule has 0 aliphatic carbocycles. The zero-order chi connectivity index (χ0) is 21.3. The highest BCUT2D eigenvalue weighted by molar-refractivity contribution is 14.0. The molecule has 0 atom stereocenters. The molecular weight excluding hydrogens is 543 g/mol. The Hall–Kier alpha value is -1.03. The molecule has 1 aliphatic heterocycles. The highest BCUT2D eigenvalue weighted by Gasteiger charge is 2.27. The molecule has 0 radical (unpaired) electrons. The fourth-order valence-electron chi connectivity index (χ4n) is 2.91. The normalized spacial score (nSPS) is 16.7. The van der Waals surface area contributed by atoms with Gasteiger partial charge in [0.15, 0.2) is 5.96 Å². The Kier molecular flexibility index (Phi) is 11.5. The maximum atomic E-state index is 12.2. The van der Waals surface area contributed by atoms with E-state index in [4.69, 9.17) is 0 Å². The van der Waals surface area contributed by atoms with Gasteiger partial charge in [0, 0.05) is 44.6 Å². The summed E-state index contributed by atoms with van der Waals surface area (Å²) in [5.41, 5.74) is 0. The third-order valence-corrected chi connectivity index (χ3v) is 7.84. The van der Waals surface area contributed by atoms with Gasteiger partial charge in [0.25, 0.3) is 0 Å². The van der Waals surface area contributed by atoms with E-state index in [-0.39, 0.29) is 53.8 Å². The number of sulfonamides is 2. The van der Waals surface area contributed by atoms with Gasteiger partial charge in [-0.2, -0.15) is 0 Å². The van der Waals surface area contributed by atoms with Crippen molar-refractivity contribution in [1.29, 1.82) is 0 Å². The number of nitrogens with one attached hydrogen (secondary N) is 3. The van der Waals surface area contributed by atoms with Crippen LogP contribution in [0.15, 0.2) is 34.4 Å². The van der Waals surface area contributed by atoms with Crippen molar-refractivity contribution >= 4 is 50.0 Å². The summed E-state index contributed by atoms with van der Waals surface area (Å²) in [5, 5.41) is 6.44. The predicted octanol–water partition coefficient (Wildman–Crippen LogP) is 0.347. The molecule has 2 heterocycles. The first-order chi connectivity index (χ1) is 13.8. The van der Waals surface area contributed by atoms with E-state index in [1.165, 1.54) is 22.8 Å². The molecule has 0 aromatic carbocycles. The Labute approximate surface area is 196 Å². The van der Waals surface area contributed by atoms with Crippen LogP contribution in [0.25, 0.3) is 0 Å². The molecule has 1 aliphatic rings. The van der Waals surface area contributed by atoms with Crippen molar-refractivity contribution < 1.29 is 16.8 Å². The molecule has 1 aromatic rings. The lowest BCUT2D eigenvalue weighted by molar-refractivity contribution is 0.306. The molecule has 0 saturated carbocycles. The highest BCUT2D eigenvalue weighted by atomic mass is 127. The van der Waals surface area contributed by atoms with Crippen LogP contribution in [0.4, 0.5) is 0 Å². The largest absolute Gasteiger partial charge is 0.357 e. The smallest absolute Gasteiger partial charge is 0.242 e. The molecule has 13 heteroatoms. The van der Waals surface area contributed by atoms with Gasteiger partial charge in [0.05, 0.1) is 12.3 Å². The van der Waals surface area contributed by atoms with Gasteiger partial charge in [-0.15, -0.1) is 24.0 Å². The fraction of sp³-hybridized carbons (Fsp3) is 0.647. The van der Waals surface area contributed by atoms with Crippen LogP contribution in [0.2, 0.25) is 0 Å². The van der Waals surface area contributed by atoms with Crippen LogP contribution in [0.3, 0.4) is 0 Å². The fourth-order valence-corrected chi connectivity index (χ4v) is 5.03. The van der Waals surface area contributed by atoms with Gasteiger partial charge in [0.1, 0.15) is 4.90 Å². The summed E-state index contributed by atoms with van der Waals surface area (Å²) in [5.74, 6) is 0.703. The maximum Gasteiger partial charge on any atom is 0.242 e. The van der Waals surface area contributed by atoms with Crippen molar-refractivity contribution in [2.45, 2.75) is 37.6 Å². The van der Waals surface area contributed by atoms with Gasteiger partial charge in [0.2, 0.25) is 20.0 Å². The number of hydrogen-bond acceptors (Lipinski definition) is 6. The van der Waals surface area contributed by atoms with Crippen molar-refractivity contribution in [3.8, 4) is 0 Å². The second-order valence-corrected chi connectivity index (χ2v) is 10.6. The third kappa shape index (κ3) is 8.24. The molecule has 0 spiro atoms. The molecule has 30 heavy (non-hydrogen) atoms. The van der Waals surface area contributed by atoms with Gasteiger partial charge in [-0.3, -0.25) is 9.98 Å². The molecule has 1 aromatic heterocycles. The van der Waals surface area contributed by atoms with Crippen LogP contribution in [-0.4, -0.2) is 76.6 Å². The summed E-state index contributed by atoms with van der Waals surface area (Å²) in [4.78, 5) is 8.34. The predicted molar refractivity (Wildman–Crippen MR) is 128 cm³/mol. The lowest BCUT2D eigenvalue weighted by Gasteiger charge is -2.32. The summed E-state index contributed by atoms with van der Waals surface area (Å²) < 4.78 is 52.3. The standard InChI is InChI=1S/C17H30N6O4S2.HI/c1-3-19-17(22-15-7-12-23(13-8-15)28(24,25)4-2)20-10-11-21-29(26,27)16-6-5-9-18-14-16;/h5-6,9,14-15,21H,3-4,7-8,10-13H2,1-2H3,(H2,19,20,22);1H. The number of hydrogen-bond donors (Lipinski definition) is 3. The zero-order valence-electron chi connectivity index (χ0n) is 17.2. The molecule has 1 fully saturated rings. The van der Waals surface area contributed by atoms with Crippen molar-refractivity contribution in [3.63, 3.8) is 0 Å². The number of piperidine rings is 1. The zero-order valence-corrected chi connectivity index (χ0v) is 21.2. The van der Waals surface area contributed by atoms with Crippen molar-refractivity contribution in [2.75, 3.05) is 38.5 Å². The molecule has 0 bridgehead atoms. The van der Waals surface area contributed by atoms with Gasteiger partial charge < -0.3 is 10.6 Å². The Balaban J connectivity index is 0.00000450. The highest BCUT2D eigenvalue weighted by Crippen LogP contribution is 2.14. The van der Waals surface area contributed by atoms with Gasteiger partial charge in [-0.25, -0.2) is 25.9 Å². The Bertz CT molecular complexity index is 873. The first-order valence-electron chi connectivity index (χ1n) is 9.71. The third-order valence-electron chi connectivity index (χ3n) is 4.52. The SMILES string of the molecule is CCNC(=NCCNS(=O)(=O)c1cccnc1)NC1CCN(S(=O)(=O)CC)CC1.I. The maximum absolute atomic E-state index is 12.2. The van der Waals surface area contributed by atoms with E-state index >= 15 is 0 Å². The van der Waals surface area contributed by atoms with E-state index in [2.05, 4.69) is 25.3 Å². The number of aliphatic imine (C=N–C) groups is 1. The average molecular weight is 575 g/mol. The summed E-state index contributed by atoms with van der Waals surface area (Å²) in [6.07, 6.45) is 4.19. The summed E-state index contributed by atoms with van der Waals surface area (Å²) >= 11 is 0. The first-order valence-corrected chi connectivity index (χ1v) is 12.8. The number of halogens is 1. The minimum atomic E-state index is -3.61. The van der Waals surface area contributed by atoms with Crippen LogP contribution in [0.5, 0.6) is 0 Å². The lowest BCUT2D eigenvalue weighted by atomic mass is 10.1. The molecule has 1 saturated heterocycles. The second kappa shape index (κ2) is 12.7. The van der Waals surface area contributed by atoms with E-state index in [1.807, 2.05) is 6.92 Å². The van der Waals surface area contributed by atoms with Crippen molar-refractivity contribution in [2.24, 2.45) is 4.99 Å². The van der Waals surface area contributed by atoms with Crippen LogP contribution in [0, 0.1) is 0 Å². The summed E-state index contributed by atoms with van der Waals surface area (Å²) in [7, 11) is -6.75. The van der Waals surface area contributed by atoms with Gasteiger partial charge in [-0.1, -0.05) is 0 Å². The lowest BCUT2D eigenvalue weighted by Crippen LogP contribution is -2.50. The first kappa shape index (κ1) is 27.0. The van der Waals surface area contributed by atoms with E-state index in [1.54, 1.807) is 13.0 Å². The van der Waals surface area contributed by atoms with Crippen LogP contribution in [0.1, 0.15) is 26.7 Å². The Morgan fingerprint density at radius 2 is 1.93 bits per heavy atom. The Morgan fingerprint density at radius 3 is 2.50 bits per heavy atom. The molecular formula is C17H31IN6O4S2. The number of rotatable bonds is 9. The quantitative estimate of drug-likeness (QED) is 0.168. The van der Waals surface area contributed by atoms with E-state index in [9.17, 15) is 16.8 Å². The second-order valence-electron chi connectivity index (χ2n) is 6.57. The van der Waals surface area contributed by atoms with E-state index in [0.29, 0.717) is 38.4 Å². The van der Waals surface area contributed by atoms with Crippen molar-refractivity contribution in [1.82, 2.24) is 24.6 Å². The topological polar surface area (TPSA) is 133 Å². The minimum absolute atomic E-state index is 0.